The zero-order valence-electron chi connectivity index (χ0n) is 15.7. The Morgan fingerprint density at radius 1 is 1.07 bits per heavy atom. The van der Waals surface area contributed by atoms with Gasteiger partial charge in [0.25, 0.3) is 0 Å². The van der Waals surface area contributed by atoms with Crippen molar-refractivity contribution in [3.63, 3.8) is 0 Å². The van der Waals surface area contributed by atoms with E-state index in [4.69, 9.17) is 0 Å². The van der Waals surface area contributed by atoms with E-state index in [1.807, 2.05) is 24.3 Å². The normalized spacial score (nSPS) is 15.7. The number of pyridine rings is 2. The lowest BCUT2D eigenvalue weighted by Crippen LogP contribution is -2.34. The molecule has 0 fully saturated rings. The number of aromatic nitrogens is 4. The Labute approximate surface area is 167 Å². The summed E-state index contributed by atoms with van der Waals surface area (Å²) in [6.07, 6.45) is 8.40. The summed E-state index contributed by atoms with van der Waals surface area (Å²) >= 11 is 0. The molecule has 1 aliphatic rings. The number of aryl methyl sites for hydroxylation is 1. The molecule has 0 saturated heterocycles. The molecule has 4 aromatic rings. The first-order chi connectivity index (χ1) is 14.3. The average molecular weight is 384 g/mol. The van der Waals surface area contributed by atoms with Crippen LogP contribution in [0.3, 0.4) is 0 Å². The largest absolute Gasteiger partial charge is 0.331 e. The Balaban J connectivity index is 1.34. The third-order valence-electron chi connectivity index (χ3n) is 5.29. The van der Waals surface area contributed by atoms with Gasteiger partial charge in [0.1, 0.15) is 5.82 Å². The van der Waals surface area contributed by atoms with Gasteiger partial charge in [-0.05, 0) is 48.6 Å². The van der Waals surface area contributed by atoms with Crippen molar-refractivity contribution < 1.29 is 4.79 Å². The Morgan fingerprint density at radius 2 is 2.00 bits per heavy atom. The smallest absolute Gasteiger partial charge is 0.320 e. The van der Waals surface area contributed by atoms with Crippen LogP contribution in [-0.2, 0) is 6.42 Å². The van der Waals surface area contributed by atoms with Gasteiger partial charge < -0.3 is 5.32 Å². The first kappa shape index (κ1) is 17.4. The van der Waals surface area contributed by atoms with Gasteiger partial charge in [0.2, 0.25) is 0 Å². The van der Waals surface area contributed by atoms with E-state index in [0.29, 0.717) is 11.3 Å². The van der Waals surface area contributed by atoms with Crippen LogP contribution in [0.1, 0.15) is 30.0 Å². The van der Waals surface area contributed by atoms with Crippen molar-refractivity contribution in [1.29, 1.82) is 0 Å². The summed E-state index contributed by atoms with van der Waals surface area (Å²) in [7, 11) is 0. The molecule has 0 bridgehead atoms. The molecule has 29 heavy (non-hydrogen) atoms. The molecule has 0 radical (unpaired) electrons. The fourth-order valence-electron chi connectivity index (χ4n) is 3.86. The molecule has 3 heterocycles. The zero-order chi connectivity index (χ0) is 19.6. The number of nitrogens with one attached hydrogen (secondary N) is 3. The molecule has 7 nitrogen and oxygen atoms in total. The van der Waals surface area contributed by atoms with E-state index in [-0.39, 0.29) is 12.1 Å². The molecule has 1 aromatic carbocycles. The molecule has 0 saturated carbocycles. The fourth-order valence-corrected chi connectivity index (χ4v) is 3.86. The van der Waals surface area contributed by atoms with E-state index in [9.17, 15) is 4.79 Å². The highest BCUT2D eigenvalue weighted by Gasteiger charge is 2.21. The molecule has 1 aliphatic carbocycles. The number of amides is 2. The maximum atomic E-state index is 12.6. The van der Waals surface area contributed by atoms with Crippen LogP contribution in [0.4, 0.5) is 10.6 Å². The highest BCUT2D eigenvalue weighted by atomic mass is 16.2. The maximum Gasteiger partial charge on any atom is 0.320 e. The molecule has 0 spiro atoms. The second kappa shape index (κ2) is 7.35. The third kappa shape index (κ3) is 3.54. The molecular formula is C22H20N6O. The number of aromatic amines is 1. The van der Waals surface area contributed by atoms with Gasteiger partial charge in [-0.1, -0.05) is 24.3 Å². The maximum absolute atomic E-state index is 12.6. The van der Waals surface area contributed by atoms with Crippen LogP contribution in [0.25, 0.3) is 22.2 Å². The predicted molar refractivity (Wildman–Crippen MR) is 111 cm³/mol. The summed E-state index contributed by atoms with van der Waals surface area (Å²) in [4.78, 5) is 21.6. The second-order valence-electron chi connectivity index (χ2n) is 7.19. The fraction of sp³-hybridized carbons (Fsp3) is 0.182. The van der Waals surface area contributed by atoms with Crippen molar-refractivity contribution in [1.82, 2.24) is 25.5 Å². The summed E-state index contributed by atoms with van der Waals surface area (Å²) in [5, 5.41) is 12.7. The molecule has 3 aromatic heterocycles. The number of fused-ring (bicyclic) bond motifs is 2. The van der Waals surface area contributed by atoms with Gasteiger partial charge in [0.05, 0.1) is 23.3 Å². The van der Waals surface area contributed by atoms with Gasteiger partial charge in [0, 0.05) is 23.5 Å². The summed E-state index contributed by atoms with van der Waals surface area (Å²) in [5.41, 5.74) is 5.85. The van der Waals surface area contributed by atoms with Crippen molar-refractivity contribution in [3.8, 4) is 11.1 Å². The minimum atomic E-state index is -0.252. The molecular weight excluding hydrogens is 364 g/mol. The SMILES string of the molecule is O=C(Nc1ccc2ncc(-c3cn[nH]c3)cc2n1)NC1CCCc2ccccc21. The molecule has 7 heteroatoms. The number of rotatable bonds is 3. The summed E-state index contributed by atoms with van der Waals surface area (Å²) in [6.45, 7) is 0. The van der Waals surface area contributed by atoms with E-state index in [2.05, 4.69) is 42.9 Å². The van der Waals surface area contributed by atoms with Crippen LogP contribution in [0.2, 0.25) is 0 Å². The minimum Gasteiger partial charge on any atom is -0.331 e. The lowest BCUT2D eigenvalue weighted by Gasteiger charge is -2.26. The van der Waals surface area contributed by atoms with Gasteiger partial charge in [-0.25, -0.2) is 9.78 Å². The van der Waals surface area contributed by atoms with Crippen LogP contribution in [0, 0.1) is 0 Å². The molecule has 0 aliphatic heterocycles. The number of benzene rings is 1. The number of hydrogen-bond donors (Lipinski definition) is 3. The van der Waals surface area contributed by atoms with Crippen LogP contribution >= 0.6 is 0 Å². The highest BCUT2D eigenvalue weighted by Crippen LogP contribution is 2.29. The molecule has 1 unspecified atom stereocenters. The number of carbonyl (C=O) groups excluding carboxylic acids is 1. The standard InChI is InChI=1S/C22H20N6O/c29-22(27-18-7-3-5-14-4-1-2-6-17(14)18)28-21-9-8-19-20(26-21)10-15(11-23-19)16-12-24-25-13-16/h1-2,4,6,8-13,18H,3,5,7H2,(H,24,25)(H2,26,27,28,29). The predicted octanol–water partition coefficient (Wildman–Crippen LogP) is 4.22. The second-order valence-corrected chi connectivity index (χ2v) is 7.19. The molecule has 5 rings (SSSR count). The van der Waals surface area contributed by atoms with Crippen molar-refractivity contribution in [3.05, 3.63) is 72.2 Å². The first-order valence-corrected chi connectivity index (χ1v) is 9.67. The number of urea groups is 1. The number of hydrogen-bond acceptors (Lipinski definition) is 4. The Bertz CT molecular complexity index is 1170. The molecule has 1 atom stereocenters. The van der Waals surface area contributed by atoms with Crippen molar-refractivity contribution in [2.45, 2.75) is 25.3 Å². The van der Waals surface area contributed by atoms with Crippen LogP contribution in [-0.4, -0.2) is 26.2 Å². The van der Waals surface area contributed by atoms with E-state index >= 15 is 0 Å². The van der Waals surface area contributed by atoms with E-state index in [0.717, 1.165) is 35.9 Å². The van der Waals surface area contributed by atoms with E-state index in [1.165, 1.54) is 11.1 Å². The number of anilines is 1. The lowest BCUT2D eigenvalue weighted by atomic mass is 9.88. The van der Waals surface area contributed by atoms with Crippen molar-refractivity contribution in [2.24, 2.45) is 0 Å². The number of carbonyl (C=O) groups is 1. The van der Waals surface area contributed by atoms with Crippen molar-refractivity contribution >= 4 is 22.9 Å². The monoisotopic (exact) mass is 384 g/mol. The van der Waals surface area contributed by atoms with E-state index < -0.39 is 0 Å². The quantitative estimate of drug-likeness (QED) is 0.493. The van der Waals surface area contributed by atoms with Crippen LogP contribution in [0.15, 0.2) is 61.1 Å². The summed E-state index contributed by atoms with van der Waals surface area (Å²) in [6, 6.07) is 13.6. The third-order valence-corrected chi connectivity index (χ3v) is 5.29. The van der Waals surface area contributed by atoms with E-state index in [1.54, 1.807) is 24.7 Å². The summed E-state index contributed by atoms with van der Waals surface area (Å²) < 4.78 is 0. The number of nitrogens with zero attached hydrogens (tertiary/aromatic N) is 3. The minimum absolute atomic E-state index is 0.0229. The summed E-state index contributed by atoms with van der Waals surface area (Å²) in [5.74, 6) is 0.491. The van der Waals surface area contributed by atoms with Gasteiger partial charge in [-0.15, -0.1) is 0 Å². The highest BCUT2D eigenvalue weighted by molar-refractivity contribution is 5.90. The molecule has 144 valence electrons. The van der Waals surface area contributed by atoms with Crippen LogP contribution < -0.4 is 10.6 Å². The Kier molecular flexibility index (Phi) is 4.40. The lowest BCUT2D eigenvalue weighted by molar-refractivity contribution is 0.247. The molecule has 2 amide bonds. The molecule has 3 N–H and O–H groups in total. The first-order valence-electron chi connectivity index (χ1n) is 9.67. The zero-order valence-corrected chi connectivity index (χ0v) is 15.7. The number of H-pyrrole nitrogens is 1. The Hall–Kier alpha value is -3.74. The van der Waals surface area contributed by atoms with Gasteiger partial charge in [-0.3, -0.25) is 15.4 Å². The average Bonchev–Trinajstić information content (AvgIpc) is 3.28. The van der Waals surface area contributed by atoms with Gasteiger partial charge in [0.15, 0.2) is 0 Å². The van der Waals surface area contributed by atoms with Gasteiger partial charge in [-0.2, -0.15) is 5.10 Å². The Morgan fingerprint density at radius 3 is 2.90 bits per heavy atom. The topological polar surface area (TPSA) is 95.6 Å². The van der Waals surface area contributed by atoms with Crippen LogP contribution in [0.5, 0.6) is 0 Å². The van der Waals surface area contributed by atoms with Crippen molar-refractivity contribution in [2.75, 3.05) is 5.32 Å². The van der Waals surface area contributed by atoms with Gasteiger partial charge >= 0.3 is 6.03 Å².